The third-order valence-corrected chi connectivity index (χ3v) is 10.5. The lowest BCUT2D eigenvalue weighted by molar-refractivity contribution is 0.598. The van der Waals surface area contributed by atoms with E-state index in [4.69, 9.17) is 4.98 Å². The Balaban J connectivity index is 1.26. The largest absolute Gasteiger partial charge is 0.315 e. The molecule has 0 N–H and O–H groups in total. The van der Waals surface area contributed by atoms with Crippen LogP contribution >= 0.6 is 0 Å². The Morgan fingerprint density at radius 3 is 2.28 bits per heavy atom. The van der Waals surface area contributed by atoms with Crippen LogP contribution in [0, 0.1) is 0 Å². The smallest absolute Gasteiger partial charge is 0.133 e. The molecule has 3 heteroatoms. The van der Waals surface area contributed by atoms with Crippen molar-refractivity contribution < 1.29 is 0 Å². The van der Waals surface area contributed by atoms with Crippen LogP contribution < -0.4 is 9.80 Å². The monoisotopic (exact) mass is 593 g/mol. The van der Waals surface area contributed by atoms with Crippen molar-refractivity contribution in [1.29, 1.82) is 0 Å². The number of hydrogen-bond donors (Lipinski definition) is 0. The molecule has 0 saturated carbocycles. The van der Waals surface area contributed by atoms with Gasteiger partial charge in [0.05, 0.1) is 16.9 Å². The number of pyridine rings is 1. The molecular formula is C43H35N3. The van der Waals surface area contributed by atoms with Gasteiger partial charge in [-0.05, 0) is 89.0 Å². The van der Waals surface area contributed by atoms with Crippen LogP contribution in [0.15, 0.2) is 151 Å². The third-order valence-electron chi connectivity index (χ3n) is 10.5. The predicted octanol–water partition coefficient (Wildman–Crippen LogP) is 11.0. The first kappa shape index (κ1) is 26.9. The minimum atomic E-state index is -0.257. The first-order chi connectivity index (χ1) is 22.4. The van der Waals surface area contributed by atoms with Crippen molar-refractivity contribution in [3.63, 3.8) is 0 Å². The Bertz CT molecular complexity index is 2240. The molecule has 0 spiro atoms. The molecular weight excluding hydrogens is 558 g/mol. The van der Waals surface area contributed by atoms with Gasteiger partial charge in [-0.1, -0.05) is 111 Å². The Hall–Kier alpha value is -5.41. The molecule has 1 aliphatic heterocycles. The maximum absolute atomic E-state index is 4.81. The normalized spacial score (nSPS) is 18.7. The lowest BCUT2D eigenvalue weighted by Gasteiger charge is -2.40. The van der Waals surface area contributed by atoms with Gasteiger partial charge in [-0.3, -0.25) is 0 Å². The molecule has 0 fully saturated rings. The topological polar surface area (TPSA) is 19.4 Å². The molecule has 1 atom stereocenters. The molecule has 3 nitrogen and oxygen atoms in total. The van der Waals surface area contributed by atoms with E-state index in [1.807, 2.05) is 12.3 Å². The summed E-state index contributed by atoms with van der Waals surface area (Å²) in [4.78, 5) is 9.72. The van der Waals surface area contributed by atoms with Gasteiger partial charge in [0.15, 0.2) is 0 Å². The Kier molecular flexibility index (Phi) is 5.74. The van der Waals surface area contributed by atoms with Gasteiger partial charge in [0.25, 0.3) is 0 Å². The van der Waals surface area contributed by atoms with Crippen molar-refractivity contribution in [2.75, 3.05) is 9.80 Å². The molecule has 2 heterocycles. The number of aromatic nitrogens is 1. The van der Waals surface area contributed by atoms with Crippen LogP contribution in [0.4, 0.5) is 22.9 Å². The van der Waals surface area contributed by atoms with Crippen LogP contribution in [0.5, 0.6) is 0 Å². The summed E-state index contributed by atoms with van der Waals surface area (Å²) in [5.41, 5.74) is 12.5. The first-order valence-corrected chi connectivity index (χ1v) is 16.2. The lowest BCUT2D eigenvalue weighted by Crippen LogP contribution is -2.41. The van der Waals surface area contributed by atoms with E-state index in [1.165, 1.54) is 66.9 Å². The minimum absolute atomic E-state index is 0.0366. The molecule has 0 bridgehead atoms. The number of fused-ring (bicyclic) bond motifs is 7. The molecule has 6 aromatic rings. The van der Waals surface area contributed by atoms with Gasteiger partial charge < -0.3 is 9.80 Å². The highest BCUT2D eigenvalue weighted by molar-refractivity contribution is 6.00. The molecule has 1 aromatic heterocycles. The van der Waals surface area contributed by atoms with E-state index in [-0.39, 0.29) is 11.0 Å². The van der Waals surface area contributed by atoms with Crippen molar-refractivity contribution >= 4 is 39.2 Å². The van der Waals surface area contributed by atoms with Crippen LogP contribution in [0.2, 0.25) is 0 Å². The summed E-state index contributed by atoms with van der Waals surface area (Å²) < 4.78 is 0. The van der Waals surface area contributed by atoms with E-state index in [0.717, 1.165) is 12.2 Å². The zero-order valence-electron chi connectivity index (χ0n) is 26.4. The van der Waals surface area contributed by atoms with Gasteiger partial charge in [0, 0.05) is 33.9 Å². The summed E-state index contributed by atoms with van der Waals surface area (Å²) in [5.74, 6) is 0.975. The van der Waals surface area contributed by atoms with Crippen LogP contribution in [-0.4, -0.2) is 10.5 Å². The predicted molar refractivity (Wildman–Crippen MR) is 192 cm³/mol. The van der Waals surface area contributed by atoms with E-state index in [0.29, 0.717) is 0 Å². The van der Waals surface area contributed by atoms with E-state index in [9.17, 15) is 0 Å². The summed E-state index contributed by atoms with van der Waals surface area (Å²) in [6.45, 7) is 7.05. The fourth-order valence-corrected chi connectivity index (χ4v) is 8.21. The molecule has 9 rings (SSSR count). The Morgan fingerprint density at radius 1 is 0.674 bits per heavy atom. The van der Waals surface area contributed by atoms with Crippen LogP contribution in [0.1, 0.15) is 43.9 Å². The minimum Gasteiger partial charge on any atom is -0.315 e. The van der Waals surface area contributed by atoms with Crippen molar-refractivity contribution in [1.82, 2.24) is 4.98 Å². The molecule has 1 unspecified atom stereocenters. The number of anilines is 4. The number of nitrogens with zero attached hydrogens (tertiary/aromatic N) is 3. The molecule has 0 amide bonds. The molecule has 3 aliphatic rings. The molecule has 2 aliphatic carbocycles. The summed E-state index contributed by atoms with van der Waals surface area (Å²) >= 11 is 0. The number of benzene rings is 5. The highest BCUT2D eigenvalue weighted by Crippen LogP contribution is 2.55. The van der Waals surface area contributed by atoms with Crippen LogP contribution in [0.25, 0.3) is 27.5 Å². The maximum atomic E-state index is 4.81. The highest BCUT2D eigenvalue weighted by atomic mass is 15.3. The standard InChI is InChI=1S/C43H35N3/c1-42(2)36-18-8-6-16-33(36)35-27-30(22-23-37(35)42)45(39-20-12-14-29-13-4-5-15-32(29)39)31-24-25-43(3)38(28-31)34-17-7-9-19-40(34)46(43)41-21-10-11-26-44-41/h4-24,26-28H,25H2,1-3H3. The van der Waals surface area contributed by atoms with Gasteiger partial charge in [0.1, 0.15) is 5.82 Å². The molecule has 46 heavy (non-hydrogen) atoms. The second-order valence-corrected chi connectivity index (χ2v) is 13.4. The van der Waals surface area contributed by atoms with E-state index in [2.05, 4.69) is 164 Å². The van der Waals surface area contributed by atoms with E-state index >= 15 is 0 Å². The quantitative estimate of drug-likeness (QED) is 0.203. The molecule has 222 valence electrons. The van der Waals surface area contributed by atoms with Crippen molar-refractivity contribution in [3.8, 4) is 11.1 Å². The van der Waals surface area contributed by atoms with Crippen molar-refractivity contribution in [2.45, 2.75) is 38.1 Å². The van der Waals surface area contributed by atoms with Gasteiger partial charge in [-0.2, -0.15) is 0 Å². The van der Waals surface area contributed by atoms with Gasteiger partial charge >= 0.3 is 0 Å². The number of rotatable bonds is 4. The summed E-state index contributed by atoms with van der Waals surface area (Å²) in [6, 6.07) is 46.4. The van der Waals surface area contributed by atoms with Gasteiger partial charge in [-0.15, -0.1) is 0 Å². The van der Waals surface area contributed by atoms with Crippen molar-refractivity contribution in [3.05, 3.63) is 168 Å². The fraction of sp³-hybridized carbons (Fsp3) is 0.140. The number of para-hydroxylation sites is 1. The highest BCUT2D eigenvalue weighted by Gasteiger charge is 2.46. The van der Waals surface area contributed by atoms with E-state index < -0.39 is 0 Å². The first-order valence-electron chi connectivity index (χ1n) is 16.2. The van der Waals surface area contributed by atoms with Crippen LogP contribution in [-0.2, 0) is 5.41 Å². The Labute approximate surface area is 270 Å². The molecule has 0 radical (unpaired) electrons. The average Bonchev–Trinajstić information content (AvgIpc) is 3.49. The molecule has 5 aromatic carbocycles. The van der Waals surface area contributed by atoms with Gasteiger partial charge in [0.2, 0.25) is 0 Å². The summed E-state index contributed by atoms with van der Waals surface area (Å²) in [7, 11) is 0. The fourth-order valence-electron chi connectivity index (χ4n) is 8.21. The van der Waals surface area contributed by atoms with Crippen molar-refractivity contribution in [2.24, 2.45) is 0 Å². The second-order valence-electron chi connectivity index (χ2n) is 13.4. The molecule has 0 saturated heterocycles. The zero-order valence-corrected chi connectivity index (χ0v) is 26.4. The zero-order chi connectivity index (χ0) is 31.0. The summed E-state index contributed by atoms with van der Waals surface area (Å²) in [6.07, 6.45) is 7.60. The second kappa shape index (κ2) is 9.79. The summed E-state index contributed by atoms with van der Waals surface area (Å²) in [5, 5.41) is 2.47. The Morgan fingerprint density at radius 2 is 1.41 bits per heavy atom. The number of hydrogen-bond acceptors (Lipinski definition) is 3. The maximum Gasteiger partial charge on any atom is 0.133 e. The third kappa shape index (κ3) is 3.75. The van der Waals surface area contributed by atoms with Crippen LogP contribution in [0.3, 0.4) is 0 Å². The lowest BCUT2D eigenvalue weighted by atomic mass is 9.82. The van der Waals surface area contributed by atoms with E-state index in [1.54, 1.807) is 0 Å². The number of allylic oxidation sites excluding steroid dienone is 1. The van der Waals surface area contributed by atoms with Gasteiger partial charge in [-0.25, -0.2) is 4.98 Å². The SMILES string of the molecule is CC1(C)c2ccccc2-c2cc(N(C3=CCC4(C)C(=C3)c3ccccc3N4c3ccccn3)c3cccc4ccccc34)ccc21. The average molecular weight is 594 g/mol.